The Bertz CT molecular complexity index is 672. The van der Waals surface area contributed by atoms with E-state index < -0.39 is 4.92 Å². The zero-order valence-corrected chi connectivity index (χ0v) is 11.3. The van der Waals surface area contributed by atoms with Gasteiger partial charge in [0.05, 0.1) is 11.3 Å². The van der Waals surface area contributed by atoms with Crippen molar-refractivity contribution < 1.29 is 9.72 Å². The third-order valence-electron chi connectivity index (χ3n) is 2.90. The van der Waals surface area contributed by atoms with Gasteiger partial charge in [-0.2, -0.15) is 10.2 Å². The number of nitro groups is 1. The molecule has 0 radical (unpaired) electrons. The van der Waals surface area contributed by atoms with Gasteiger partial charge in [0.2, 0.25) is 11.7 Å². The van der Waals surface area contributed by atoms with Crippen molar-refractivity contribution in [1.29, 1.82) is 0 Å². The molecule has 1 amide bonds. The Labute approximate surface area is 114 Å². The largest absolute Gasteiger partial charge is 0.334 e. The van der Waals surface area contributed by atoms with E-state index in [-0.39, 0.29) is 29.5 Å². The van der Waals surface area contributed by atoms with Crippen LogP contribution in [0.2, 0.25) is 0 Å². The van der Waals surface area contributed by atoms with Crippen molar-refractivity contribution >= 4 is 17.4 Å². The van der Waals surface area contributed by atoms with Gasteiger partial charge in [0.25, 0.3) is 0 Å². The molecule has 0 unspecified atom stereocenters. The monoisotopic (exact) mass is 278 g/mol. The maximum atomic E-state index is 12.0. The predicted molar refractivity (Wildman–Crippen MR) is 70.1 cm³/mol. The quantitative estimate of drug-likeness (QED) is 0.649. The molecular weight excluding hydrogens is 264 g/mol. The van der Waals surface area contributed by atoms with Crippen LogP contribution in [0.4, 0.5) is 11.5 Å². The molecule has 0 bridgehead atoms. The number of carbonyl (C=O) groups excluding carboxylic acids is 1. The van der Waals surface area contributed by atoms with Crippen molar-refractivity contribution in [1.82, 2.24) is 19.6 Å². The molecule has 9 nitrogen and oxygen atoms in total. The maximum absolute atomic E-state index is 12.0. The van der Waals surface area contributed by atoms with Gasteiger partial charge in [-0.3, -0.25) is 19.6 Å². The summed E-state index contributed by atoms with van der Waals surface area (Å²) in [6, 6.07) is 1.71. The minimum atomic E-state index is -0.554. The summed E-state index contributed by atoms with van der Waals surface area (Å²) in [6.45, 7) is 1.52. The summed E-state index contributed by atoms with van der Waals surface area (Å²) in [7, 11) is 3.26. The van der Waals surface area contributed by atoms with E-state index in [4.69, 9.17) is 0 Å². The van der Waals surface area contributed by atoms with Gasteiger partial charge in [0.1, 0.15) is 5.69 Å². The van der Waals surface area contributed by atoms with E-state index in [0.717, 1.165) is 0 Å². The molecule has 2 aromatic rings. The van der Waals surface area contributed by atoms with E-state index in [1.165, 1.54) is 11.6 Å². The topological polar surface area (TPSA) is 108 Å². The van der Waals surface area contributed by atoms with E-state index in [9.17, 15) is 14.9 Å². The normalized spacial score (nSPS) is 10.6. The SMILES string of the molecule is Cc1nn(C)c(NC(=O)Cc2ccnn2C)c1[N+](=O)[O-]. The summed E-state index contributed by atoms with van der Waals surface area (Å²) in [5, 5.41) is 21.4. The van der Waals surface area contributed by atoms with Crippen molar-refractivity contribution in [3.05, 3.63) is 33.8 Å². The second-order valence-electron chi connectivity index (χ2n) is 4.33. The number of nitrogens with one attached hydrogen (secondary N) is 1. The lowest BCUT2D eigenvalue weighted by molar-refractivity contribution is -0.384. The van der Waals surface area contributed by atoms with Crippen molar-refractivity contribution in [2.75, 3.05) is 5.32 Å². The van der Waals surface area contributed by atoms with Crippen molar-refractivity contribution in [3.8, 4) is 0 Å². The van der Waals surface area contributed by atoms with Crippen LogP contribution in [0.3, 0.4) is 0 Å². The third-order valence-corrected chi connectivity index (χ3v) is 2.90. The van der Waals surface area contributed by atoms with Crippen LogP contribution in [-0.2, 0) is 25.3 Å². The molecule has 0 spiro atoms. The fraction of sp³-hybridized carbons (Fsp3) is 0.364. The van der Waals surface area contributed by atoms with E-state index in [1.807, 2.05) is 0 Å². The highest BCUT2D eigenvalue weighted by Gasteiger charge is 2.25. The third kappa shape index (κ3) is 2.51. The van der Waals surface area contributed by atoms with Crippen LogP contribution in [-0.4, -0.2) is 30.4 Å². The average molecular weight is 278 g/mol. The van der Waals surface area contributed by atoms with Crippen LogP contribution in [0.1, 0.15) is 11.4 Å². The molecule has 2 heterocycles. The number of anilines is 1. The number of hydrogen-bond donors (Lipinski definition) is 1. The van der Waals surface area contributed by atoms with Gasteiger partial charge in [0, 0.05) is 26.0 Å². The van der Waals surface area contributed by atoms with E-state index in [1.54, 1.807) is 31.0 Å². The number of amides is 1. The predicted octanol–water partition coefficient (Wildman–Crippen LogP) is 0.551. The van der Waals surface area contributed by atoms with Crippen LogP contribution in [0.5, 0.6) is 0 Å². The van der Waals surface area contributed by atoms with Crippen LogP contribution in [0.15, 0.2) is 12.3 Å². The smallest absolute Gasteiger partial charge is 0.305 e. The fourth-order valence-electron chi connectivity index (χ4n) is 1.92. The molecule has 0 saturated carbocycles. The molecule has 20 heavy (non-hydrogen) atoms. The molecule has 9 heteroatoms. The van der Waals surface area contributed by atoms with Gasteiger partial charge in [-0.15, -0.1) is 0 Å². The molecule has 2 aromatic heterocycles. The van der Waals surface area contributed by atoms with Gasteiger partial charge in [0.15, 0.2) is 0 Å². The molecule has 0 saturated heterocycles. The highest BCUT2D eigenvalue weighted by atomic mass is 16.6. The van der Waals surface area contributed by atoms with E-state index in [2.05, 4.69) is 15.5 Å². The first-order valence-electron chi connectivity index (χ1n) is 5.85. The van der Waals surface area contributed by atoms with E-state index >= 15 is 0 Å². The van der Waals surface area contributed by atoms with Crippen LogP contribution in [0.25, 0.3) is 0 Å². The summed E-state index contributed by atoms with van der Waals surface area (Å²) < 4.78 is 2.86. The second-order valence-corrected chi connectivity index (χ2v) is 4.33. The molecule has 1 N–H and O–H groups in total. The highest BCUT2D eigenvalue weighted by molar-refractivity contribution is 5.93. The van der Waals surface area contributed by atoms with Gasteiger partial charge in [-0.05, 0) is 13.0 Å². The fourth-order valence-corrected chi connectivity index (χ4v) is 1.92. The standard InChI is InChI=1S/C11H14N6O3/c1-7-10(17(19)20)11(16(3)14-7)13-9(18)6-8-4-5-12-15(8)2/h4-5H,6H2,1-3H3,(H,13,18). The summed E-state index contributed by atoms with van der Waals surface area (Å²) in [5.41, 5.74) is 0.781. The van der Waals surface area contributed by atoms with Crippen LogP contribution >= 0.6 is 0 Å². The lowest BCUT2D eigenvalue weighted by Crippen LogP contribution is -2.19. The molecule has 0 aliphatic carbocycles. The van der Waals surface area contributed by atoms with Gasteiger partial charge in [-0.25, -0.2) is 4.68 Å². The Hall–Kier alpha value is -2.71. The molecule has 0 aliphatic heterocycles. The molecule has 2 rings (SSSR count). The molecule has 0 aliphatic rings. The summed E-state index contributed by atoms with van der Waals surface area (Å²) in [5.74, 6) is -0.278. The van der Waals surface area contributed by atoms with Gasteiger partial charge in [-0.1, -0.05) is 0 Å². The first-order valence-corrected chi connectivity index (χ1v) is 5.85. The minimum Gasteiger partial charge on any atom is -0.305 e. The first-order chi connectivity index (χ1) is 9.40. The number of hydrogen-bond acceptors (Lipinski definition) is 5. The zero-order valence-electron chi connectivity index (χ0n) is 11.3. The molecule has 0 aromatic carbocycles. The van der Waals surface area contributed by atoms with Crippen LogP contribution < -0.4 is 5.32 Å². The van der Waals surface area contributed by atoms with Crippen molar-refractivity contribution in [2.24, 2.45) is 14.1 Å². The Kier molecular flexibility index (Phi) is 3.51. The molecule has 0 fully saturated rings. The van der Waals surface area contributed by atoms with Crippen LogP contribution in [0, 0.1) is 17.0 Å². The Morgan fingerprint density at radius 1 is 1.45 bits per heavy atom. The zero-order chi connectivity index (χ0) is 14.9. The Morgan fingerprint density at radius 2 is 2.15 bits per heavy atom. The number of aromatic nitrogens is 4. The van der Waals surface area contributed by atoms with Gasteiger partial charge < -0.3 is 5.32 Å². The number of aryl methyl sites for hydroxylation is 3. The van der Waals surface area contributed by atoms with Crippen molar-refractivity contribution in [2.45, 2.75) is 13.3 Å². The second kappa shape index (κ2) is 5.11. The van der Waals surface area contributed by atoms with Gasteiger partial charge >= 0.3 is 5.69 Å². The summed E-state index contributed by atoms with van der Waals surface area (Å²) in [6.07, 6.45) is 1.66. The lowest BCUT2D eigenvalue weighted by Gasteiger charge is -2.05. The average Bonchev–Trinajstić information content (AvgIpc) is 2.84. The van der Waals surface area contributed by atoms with E-state index in [0.29, 0.717) is 5.69 Å². The highest BCUT2D eigenvalue weighted by Crippen LogP contribution is 2.27. The number of nitrogens with zero attached hydrogens (tertiary/aromatic N) is 5. The summed E-state index contributed by atoms with van der Waals surface area (Å²) in [4.78, 5) is 22.4. The lowest BCUT2D eigenvalue weighted by atomic mass is 10.3. The van der Waals surface area contributed by atoms with Crippen molar-refractivity contribution in [3.63, 3.8) is 0 Å². The number of carbonyl (C=O) groups is 1. The first kappa shape index (κ1) is 13.7. The Balaban J connectivity index is 2.20. The Morgan fingerprint density at radius 3 is 2.70 bits per heavy atom. The molecule has 0 atom stereocenters. The molecular formula is C11H14N6O3. The maximum Gasteiger partial charge on any atom is 0.334 e. The molecule has 106 valence electrons. The minimum absolute atomic E-state index is 0.0812. The summed E-state index contributed by atoms with van der Waals surface area (Å²) >= 11 is 0. The number of rotatable bonds is 4.